The molecule has 2 nitrogen and oxygen atoms in total. The first-order chi connectivity index (χ1) is 7.26. The van der Waals surface area contributed by atoms with Gasteiger partial charge in [0, 0.05) is 37.2 Å². The first-order valence-electron chi connectivity index (χ1n) is 5.97. The molecule has 1 rings (SSSR count). The molecule has 1 aliphatic rings. The van der Waals surface area contributed by atoms with E-state index in [-0.39, 0.29) is 0 Å². The topological polar surface area (TPSA) is 15.3 Å². The molecular weight excluding hydrogens is 204 g/mol. The number of thioether (sulfide) groups is 1. The molecular formula is C12H24N2S. The minimum Gasteiger partial charge on any atom is -0.313 e. The van der Waals surface area contributed by atoms with Gasteiger partial charge in [0.25, 0.3) is 0 Å². The maximum Gasteiger partial charge on any atom is 0.0203 e. The summed E-state index contributed by atoms with van der Waals surface area (Å²) in [5, 5.41) is 4.17. The minimum atomic E-state index is 0.839. The van der Waals surface area contributed by atoms with Gasteiger partial charge >= 0.3 is 0 Å². The fourth-order valence-electron chi connectivity index (χ4n) is 1.84. The summed E-state index contributed by atoms with van der Waals surface area (Å²) in [5.74, 6) is 1.28. The number of hydrogen-bond acceptors (Lipinski definition) is 3. The van der Waals surface area contributed by atoms with Gasteiger partial charge in [-0.05, 0) is 18.5 Å². The molecule has 0 aromatic rings. The molecule has 1 fully saturated rings. The molecule has 1 saturated heterocycles. The van der Waals surface area contributed by atoms with E-state index in [9.17, 15) is 0 Å². The van der Waals surface area contributed by atoms with Crippen LogP contribution >= 0.6 is 11.8 Å². The monoisotopic (exact) mass is 228 g/mol. The molecule has 15 heavy (non-hydrogen) atoms. The Morgan fingerprint density at radius 2 is 2.33 bits per heavy atom. The quantitative estimate of drug-likeness (QED) is 0.700. The largest absolute Gasteiger partial charge is 0.313 e. The average Bonchev–Trinajstić information content (AvgIpc) is 2.26. The van der Waals surface area contributed by atoms with Crippen molar-refractivity contribution >= 4 is 11.8 Å². The first-order valence-corrected chi connectivity index (χ1v) is 7.02. The average molecular weight is 228 g/mol. The molecule has 0 aliphatic carbocycles. The zero-order valence-corrected chi connectivity index (χ0v) is 10.9. The lowest BCUT2D eigenvalue weighted by Crippen LogP contribution is -2.39. The van der Waals surface area contributed by atoms with Crippen molar-refractivity contribution in [3.05, 3.63) is 12.2 Å². The van der Waals surface area contributed by atoms with Crippen molar-refractivity contribution in [2.75, 3.05) is 38.5 Å². The molecule has 0 radical (unpaired) electrons. The van der Waals surface area contributed by atoms with Crippen molar-refractivity contribution in [1.29, 1.82) is 0 Å². The van der Waals surface area contributed by atoms with Crippen LogP contribution in [0.15, 0.2) is 12.2 Å². The molecule has 0 bridgehead atoms. The highest BCUT2D eigenvalue weighted by atomic mass is 32.2. The minimum absolute atomic E-state index is 0.839. The summed E-state index contributed by atoms with van der Waals surface area (Å²) in [5.41, 5.74) is 1.32. The highest BCUT2D eigenvalue weighted by Crippen LogP contribution is 2.21. The normalized spacial score (nSPS) is 22.9. The predicted octanol–water partition coefficient (Wildman–Crippen LogP) is 1.98. The second-order valence-corrected chi connectivity index (χ2v) is 5.57. The molecule has 0 amide bonds. The summed E-state index contributed by atoms with van der Waals surface area (Å²) in [6.07, 6.45) is 1.29. The SMILES string of the molecule is C=C(CNCC)CN1CCSC(CC)C1. The van der Waals surface area contributed by atoms with Gasteiger partial charge in [-0.15, -0.1) is 0 Å². The van der Waals surface area contributed by atoms with Gasteiger partial charge in [-0.25, -0.2) is 0 Å². The van der Waals surface area contributed by atoms with Crippen molar-refractivity contribution in [2.24, 2.45) is 0 Å². The van der Waals surface area contributed by atoms with E-state index in [1.54, 1.807) is 0 Å². The third-order valence-electron chi connectivity index (χ3n) is 2.75. The fraction of sp³-hybridized carbons (Fsp3) is 0.833. The number of likely N-dealkylation sites (N-methyl/N-ethyl adjacent to an activating group) is 1. The summed E-state index contributed by atoms with van der Waals surface area (Å²) in [6, 6.07) is 0. The Labute approximate surface area is 98.5 Å². The van der Waals surface area contributed by atoms with Crippen molar-refractivity contribution in [2.45, 2.75) is 25.5 Å². The maximum absolute atomic E-state index is 4.13. The standard InChI is InChI=1S/C12H24N2S/c1-4-12-10-14(6-7-15-12)9-11(3)8-13-5-2/h12-13H,3-10H2,1-2H3. The van der Waals surface area contributed by atoms with Crippen LogP contribution in [0.1, 0.15) is 20.3 Å². The molecule has 1 heterocycles. The Morgan fingerprint density at radius 1 is 1.53 bits per heavy atom. The van der Waals surface area contributed by atoms with Crippen LogP contribution in [0.5, 0.6) is 0 Å². The van der Waals surface area contributed by atoms with Gasteiger partial charge in [0.15, 0.2) is 0 Å². The van der Waals surface area contributed by atoms with E-state index in [1.807, 2.05) is 0 Å². The van der Waals surface area contributed by atoms with E-state index in [1.165, 1.54) is 30.8 Å². The van der Waals surface area contributed by atoms with E-state index in [4.69, 9.17) is 0 Å². The molecule has 0 saturated carbocycles. The van der Waals surface area contributed by atoms with Gasteiger partial charge < -0.3 is 5.32 Å². The van der Waals surface area contributed by atoms with E-state index >= 15 is 0 Å². The Bertz CT molecular complexity index is 194. The van der Waals surface area contributed by atoms with Gasteiger partial charge in [-0.2, -0.15) is 11.8 Å². The summed E-state index contributed by atoms with van der Waals surface area (Å²) < 4.78 is 0. The molecule has 1 N–H and O–H groups in total. The van der Waals surface area contributed by atoms with Crippen LogP contribution in [0.4, 0.5) is 0 Å². The smallest absolute Gasteiger partial charge is 0.0203 e. The lowest BCUT2D eigenvalue weighted by Gasteiger charge is -2.32. The lowest BCUT2D eigenvalue weighted by atomic mass is 10.2. The number of rotatable bonds is 6. The van der Waals surface area contributed by atoms with Crippen LogP contribution in [-0.2, 0) is 0 Å². The van der Waals surface area contributed by atoms with E-state index in [2.05, 4.69) is 42.4 Å². The maximum atomic E-state index is 4.13. The van der Waals surface area contributed by atoms with E-state index in [0.29, 0.717) is 0 Å². The zero-order valence-electron chi connectivity index (χ0n) is 10.1. The fourth-order valence-corrected chi connectivity index (χ4v) is 3.09. The highest BCUT2D eigenvalue weighted by molar-refractivity contribution is 8.00. The molecule has 1 aliphatic heterocycles. The number of nitrogens with zero attached hydrogens (tertiary/aromatic N) is 1. The van der Waals surface area contributed by atoms with Crippen molar-refractivity contribution in [3.8, 4) is 0 Å². The number of hydrogen-bond donors (Lipinski definition) is 1. The summed E-state index contributed by atoms with van der Waals surface area (Å²) in [6.45, 7) is 14.1. The van der Waals surface area contributed by atoms with Crippen LogP contribution in [0.3, 0.4) is 0 Å². The van der Waals surface area contributed by atoms with Crippen LogP contribution in [-0.4, -0.2) is 48.6 Å². The Kier molecular flexibility index (Phi) is 6.37. The molecule has 0 aromatic carbocycles. The van der Waals surface area contributed by atoms with Crippen molar-refractivity contribution < 1.29 is 0 Å². The highest BCUT2D eigenvalue weighted by Gasteiger charge is 2.18. The van der Waals surface area contributed by atoms with Crippen LogP contribution < -0.4 is 5.32 Å². The predicted molar refractivity (Wildman–Crippen MR) is 70.7 cm³/mol. The molecule has 0 aromatic heterocycles. The van der Waals surface area contributed by atoms with Gasteiger partial charge in [0.05, 0.1) is 0 Å². The van der Waals surface area contributed by atoms with Gasteiger partial charge in [-0.1, -0.05) is 20.4 Å². The summed E-state index contributed by atoms with van der Waals surface area (Å²) in [4.78, 5) is 2.55. The third-order valence-corrected chi connectivity index (χ3v) is 4.12. The van der Waals surface area contributed by atoms with Gasteiger partial charge in [0.2, 0.25) is 0 Å². The van der Waals surface area contributed by atoms with Crippen LogP contribution in [0.25, 0.3) is 0 Å². The summed E-state index contributed by atoms with van der Waals surface area (Å²) in [7, 11) is 0. The molecule has 1 unspecified atom stereocenters. The van der Waals surface area contributed by atoms with Gasteiger partial charge in [-0.3, -0.25) is 4.90 Å². The Balaban J connectivity index is 2.22. The third kappa shape index (κ3) is 5.05. The van der Waals surface area contributed by atoms with E-state index in [0.717, 1.165) is 24.9 Å². The Morgan fingerprint density at radius 3 is 3.00 bits per heavy atom. The molecule has 88 valence electrons. The first kappa shape index (κ1) is 13.1. The molecule has 0 spiro atoms. The van der Waals surface area contributed by atoms with Crippen LogP contribution in [0, 0.1) is 0 Å². The second-order valence-electron chi connectivity index (χ2n) is 4.17. The van der Waals surface area contributed by atoms with Crippen molar-refractivity contribution in [3.63, 3.8) is 0 Å². The van der Waals surface area contributed by atoms with Crippen molar-refractivity contribution in [1.82, 2.24) is 10.2 Å². The van der Waals surface area contributed by atoms with E-state index < -0.39 is 0 Å². The van der Waals surface area contributed by atoms with Crippen LogP contribution in [0.2, 0.25) is 0 Å². The molecule has 3 heteroatoms. The summed E-state index contributed by atoms with van der Waals surface area (Å²) >= 11 is 2.12. The Hall–Kier alpha value is 0.0100. The second kappa shape index (κ2) is 7.31. The number of nitrogens with one attached hydrogen (secondary N) is 1. The molecule has 1 atom stereocenters. The zero-order chi connectivity index (χ0) is 11.1. The lowest BCUT2D eigenvalue weighted by molar-refractivity contribution is 0.302. The van der Waals surface area contributed by atoms with Gasteiger partial charge in [0.1, 0.15) is 0 Å².